The minimum absolute atomic E-state index is 0.0654. The topological polar surface area (TPSA) is 29.5 Å². The first-order valence-corrected chi connectivity index (χ1v) is 7.78. The Morgan fingerprint density at radius 2 is 1.86 bits per heavy atom. The normalized spacial score (nSPS) is 17.4. The lowest BCUT2D eigenvalue weighted by Gasteiger charge is -2.27. The summed E-state index contributed by atoms with van der Waals surface area (Å²) in [6, 6.07) is 18.1. The van der Waals surface area contributed by atoms with Crippen molar-refractivity contribution in [3.63, 3.8) is 0 Å². The second-order valence-corrected chi connectivity index (χ2v) is 5.70. The Hall–Kier alpha value is -2.13. The molecule has 3 heteroatoms. The van der Waals surface area contributed by atoms with Gasteiger partial charge >= 0.3 is 0 Å². The van der Waals surface area contributed by atoms with Crippen molar-refractivity contribution in [1.82, 2.24) is 0 Å². The van der Waals surface area contributed by atoms with Gasteiger partial charge in [0.05, 0.1) is 6.54 Å². The van der Waals surface area contributed by atoms with E-state index in [2.05, 4.69) is 0 Å². The number of benzene rings is 2. The van der Waals surface area contributed by atoms with Gasteiger partial charge in [0.15, 0.2) is 0 Å². The van der Waals surface area contributed by atoms with Crippen molar-refractivity contribution >= 4 is 11.6 Å². The van der Waals surface area contributed by atoms with E-state index in [0.717, 1.165) is 29.7 Å². The Balaban J connectivity index is 1.91. The summed E-state index contributed by atoms with van der Waals surface area (Å²) < 4.78 is 5.60. The summed E-state index contributed by atoms with van der Waals surface area (Å²) in [6.45, 7) is 3.30. The maximum atomic E-state index is 12.9. The highest BCUT2D eigenvalue weighted by Crippen LogP contribution is 2.25. The molecule has 0 aromatic heterocycles. The average Bonchev–Trinajstić information content (AvgIpc) is 3.08. The third kappa shape index (κ3) is 3.20. The second-order valence-electron chi connectivity index (χ2n) is 5.70. The Morgan fingerprint density at radius 3 is 2.55 bits per heavy atom. The lowest BCUT2D eigenvalue weighted by molar-refractivity contribution is -0.127. The van der Waals surface area contributed by atoms with Crippen LogP contribution in [-0.4, -0.2) is 18.6 Å². The second kappa shape index (κ2) is 6.75. The van der Waals surface area contributed by atoms with Crippen molar-refractivity contribution in [1.29, 1.82) is 0 Å². The number of carbonyl (C=O) groups is 1. The van der Waals surface area contributed by atoms with Crippen LogP contribution in [-0.2, 0) is 16.1 Å². The highest BCUT2D eigenvalue weighted by atomic mass is 16.5. The van der Waals surface area contributed by atoms with Crippen LogP contribution in [0.5, 0.6) is 0 Å². The molecule has 2 aromatic rings. The third-order valence-electron chi connectivity index (χ3n) is 4.06. The Labute approximate surface area is 131 Å². The molecule has 0 bridgehead atoms. The molecular formula is C19H21NO2. The van der Waals surface area contributed by atoms with Crippen LogP contribution >= 0.6 is 0 Å². The van der Waals surface area contributed by atoms with Crippen LogP contribution < -0.4 is 4.90 Å². The number of para-hydroxylation sites is 1. The molecule has 1 atom stereocenters. The quantitative estimate of drug-likeness (QED) is 0.860. The number of ether oxygens (including phenoxy) is 1. The SMILES string of the molecule is Cc1ccccc1N(Cc1ccccc1)C(=O)C1CCCO1. The largest absolute Gasteiger partial charge is 0.368 e. The molecule has 0 N–H and O–H groups in total. The van der Waals surface area contributed by atoms with Gasteiger partial charge in [0.1, 0.15) is 6.10 Å². The molecule has 1 amide bonds. The summed E-state index contributed by atoms with van der Waals surface area (Å²) in [4.78, 5) is 14.8. The summed E-state index contributed by atoms with van der Waals surface area (Å²) in [7, 11) is 0. The molecule has 0 aliphatic carbocycles. The highest BCUT2D eigenvalue weighted by molar-refractivity contribution is 5.97. The summed E-state index contributed by atoms with van der Waals surface area (Å²) in [5.74, 6) is 0.0654. The summed E-state index contributed by atoms with van der Waals surface area (Å²) >= 11 is 0. The van der Waals surface area contributed by atoms with Crippen LogP contribution in [0.15, 0.2) is 54.6 Å². The molecule has 1 aliphatic rings. The minimum Gasteiger partial charge on any atom is -0.368 e. The number of amides is 1. The fraction of sp³-hybridized carbons (Fsp3) is 0.316. The molecule has 0 radical (unpaired) electrons. The van der Waals surface area contributed by atoms with E-state index in [1.165, 1.54) is 0 Å². The maximum absolute atomic E-state index is 12.9. The molecule has 1 aliphatic heterocycles. The van der Waals surface area contributed by atoms with E-state index in [1.54, 1.807) is 0 Å². The molecule has 0 saturated carbocycles. The minimum atomic E-state index is -0.302. The molecule has 1 fully saturated rings. The Bertz CT molecular complexity index is 633. The number of hydrogen-bond donors (Lipinski definition) is 0. The first kappa shape index (κ1) is 14.8. The van der Waals surface area contributed by atoms with Gasteiger partial charge in [0, 0.05) is 12.3 Å². The molecule has 22 heavy (non-hydrogen) atoms. The third-order valence-corrected chi connectivity index (χ3v) is 4.06. The van der Waals surface area contributed by atoms with Gasteiger partial charge < -0.3 is 9.64 Å². The highest BCUT2D eigenvalue weighted by Gasteiger charge is 2.29. The number of aryl methyl sites for hydroxylation is 1. The van der Waals surface area contributed by atoms with Crippen molar-refractivity contribution in [3.8, 4) is 0 Å². The van der Waals surface area contributed by atoms with E-state index >= 15 is 0 Å². The molecule has 0 spiro atoms. The summed E-state index contributed by atoms with van der Waals surface area (Å²) in [5.41, 5.74) is 3.19. The van der Waals surface area contributed by atoms with Gasteiger partial charge in [-0.3, -0.25) is 4.79 Å². The van der Waals surface area contributed by atoms with Crippen molar-refractivity contribution < 1.29 is 9.53 Å². The fourth-order valence-electron chi connectivity index (χ4n) is 2.86. The number of nitrogens with zero attached hydrogens (tertiary/aromatic N) is 1. The lowest BCUT2D eigenvalue weighted by atomic mass is 10.1. The molecule has 1 saturated heterocycles. The fourth-order valence-corrected chi connectivity index (χ4v) is 2.86. The van der Waals surface area contributed by atoms with Crippen LogP contribution in [0.3, 0.4) is 0 Å². The summed E-state index contributed by atoms with van der Waals surface area (Å²) in [6.07, 6.45) is 1.47. The predicted octanol–water partition coefficient (Wildman–Crippen LogP) is 3.71. The summed E-state index contributed by atoms with van der Waals surface area (Å²) in [5, 5.41) is 0. The molecule has 1 heterocycles. The van der Waals surface area contributed by atoms with E-state index in [-0.39, 0.29) is 12.0 Å². The average molecular weight is 295 g/mol. The molecule has 3 nitrogen and oxygen atoms in total. The van der Waals surface area contributed by atoms with Gasteiger partial charge in [-0.05, 0) is 37.0 Å². The molecule has 3 rings (SSSR count). The predicted molar refractivity (Wildman–Crippen MR) is 87.8 cm³/mol. The maximum Gasteiger partial charge on any atom is 0.256 e. The number of hydrogen-bond acceptors (Lipinski definition) is 2. The van der Waals surface area contributed by atoms with E-state index in [0.29, 0.717) is 13.2 Å². The van der Waals surface area contributed by atoms with E-state index in [4.69, 9.17) is 4.74 Å². The zero-order valence-electron chi connectivity index (χ0n) is 12.9. The van der Waals surface area contributed by atoms with E-state index < -0.39 is 0 Å². The first-order chi connectivity index (χ1) is 10.8. The van der Waals surface area contributed by atoms with Crippen molar-refractivity contribution in [3.05, 3.63) is 65.7 Å². The number of anilines is 1. The van der Waals surface area contributed by atoms with Gasteiger partial charge in [-0.15, -0.1) is 0 Å². The molecule has 2 aromatic carbocycles. The van der Waals surface area contributed by atoms with E-state index in [1.807, 2.05) is 66.4 Å². The van der Waals surface area contributed by atoms with Crippen LogP contribution in [0.1, 0.15) is 24.0 Å². The monoisotopic (exact) mass is 295 g/mol. The van der Waals surface area contributed by atoms with Gasteiger partial charge in [0.25, 0.3) is 5.91 Å². The standard InChI is InChI=1S/C19H21NO2/c1-15-8-5-6-11-17(15)20(14-16-9-3-2-4-10-16)19(21)18-12-7-13-22-18/h2-6,8-11,18H,7,12-14H2,1H3. The van der Waals surface area contributed by atoms with Crippen LogP contribution in [0, 0.1) is 6.92 Å². The first-order valence-electron chi connectivity index (χ1n) is 7.78. The molecule has 114 valence electrons. The number of carbonyl (C=O) groups excluding carboxylic acids is 1. The van der Waals surface area contributed by atoms with Gasteiger partial charge in [-0.25, -0.2) is 0 Å². The van der Waals surface area contributed by atoms with Crippen molar-refractivity contribution in [2.45, 2.75) is 32.4 Å². The molecular weight excluding hydrogens is 274 g/mol. The van der Waals surface area contributed by atoms with Crippen LogP contribution in [0.2, 0.25) is 0 Å². The number of rotatable bonds is 4. The Kier molecular flexibility index (Phi) is 4.54. The molecule has 1 unspecified atom stereocenters. The van der Waals surface area contributed by atoms with Crippen LogP contribution in [0.4, 0.5) is 5.69 Å². The van der Waals surface area contributed by atoms with Crippen LogP contribution in [0.25, 0.3) is 0 Å². The van der Waals surface area contributed by atoms with Gasteiger partial charge in [-0.1, -0.05) is 48.5 Å². The van der Waals surface area contributed by atoms with Gasteiger partial charge in [-0.2, -0.15) is 0 Å². The lowest BCUT2D eigenvalue weighted by Crippen LogP contribution is -2.39. The van der Waals surface area contributed by atoms with Crippen molar-refractivity contribution in [2.24, 2.45) is 0 Å². The van der Waals surface area contributed by atoms with E-state index in [9.17, 15) is 4.79 Å². The zero-order chi connectivity index (χ0) is 15.4. The smallest absolute Gasteiger partial charge is 0.256 e. The Morgan fingerprint density at radius 1 is 1.14 bits per heavy atom. The van der Waals surface area contributed by atoms with Crippen molar-refractivity contribution in [2.75, 3.05) is 11.5 Å². The van der Waals surface area contributed by atoms with Gasteiger partial charge in [0.2, 0.25) is 0 Å². The zero-order valence-corrected chi connectivity index (χ0v) is 12.9.